The lowest BCUT2D eigenvalue weighted by molar-refractivity contribution is -0.107. The Kier molecular flexibility index (Phi) is 4.87. The first-order valence-electron chi connectivity index (χ1n) is 6.27. The summed E-state index contributed by atoms with van der Waals surface area (Å²) in [4.78, 5) is 0. The zero-order valence-corrected chi connectivity index (χ0v) is 10.5. The monoisotopic (exact) mass is 262 g/mol. The average Bonchev–Trinajstić information content (AvgIpc) is 2.78. The van der Waals surface area contributed by atoms with Gasteiger partial charge < -0.3 is 20.1 Å². The summed E-state index contributed by atoms with van der Waals surface area (Å²) in [6.07, 6.45) is -2.02. The van der Waals surface area contributed by atoms with Gasteiger partial charge in [-0.2, -0.15) is 0 Å². The third kappa shape index (κ3) is 3.75. The van der Waals surface area contributed by atoms with Crippen molar-refractivity contribution in [2.75, 3.05) is 6.61 Å². The molecule has 19 heavy (non-hydrogen) atoms. The van der Waals surface area contributed by atoms with Crippen molar-refractivity contribution in [3.8, 4) is 0 Å². The van der Waals surface area contributed by atoms with E-state index in [1.807, 2.05) is 0 Å². The Balaban J connectivity index is 0.000000141. The molecule has 1 saturated heterocycles. The maximum atomic E-state index is 8.91. The van der Waals surface area contributed by atoms with Crippen LogP contribution in [0.5, 0.6) is 0 Å². The molecule has 4 nitrogen and oxygen atoms in total. The van der Waals surface area contributed by atoms with E-state index in [0.29, 0.717) is 0 Å². The van der Waals surface area contributed by atoms with Crippen LogP contribution in [0.2, 0.25) is 0 Å². The van der Waals surface area contributed by atoms with E-state index in [1.54, 1.807) is 0 Å². The number of hydrogen-bond acceptors (Lipinski definition) is 4. The Morgan fingerprint density at radius 2 is 1.42 bits per heavy atom. The molecule has 0 aromatic heterocycles. The topological polar surface area (TPSA) is 69.9 Å². The summed E-state index contributed by atoms with van der Waals surface area (Å²) >= 11 is 0. The van der Waals surface area contributed by atoms with Gasteiger partial charge in [-0.1, -0.05) is 48.5 Å². The maximum Gasteiger partial charge on any atom is 0.157 e. The molecule has 3 atom stereocenters. The van der Waals surface area contributed by atoms with Crippen LogP contribution in [0.3, 0.4) is 0 Å². The zero-order valence-electron chi connectivity index (χ0n) is 10.5. The Bertz CT molecular complexity index is 449. The smallest absolute Gasteiger partial charge is 0.157 e. The first kappa shape index (κ1) is 14.0. The minimum absolute atomic E-state index is 0.200. The first-order chi connectivity index (χ1) is 9.20. The van der Waals surface area contributed by atoms with Crippen molar-refractivity contribution >= 4 is 10.8 Å². The van der Waals surface area contributed by atoms with Gasteiger partial charge in [-0.3, -0.25) is 0 Å². The fourth-order valence-corrected chi connectivity index (χ4v) is 2.00. The van der Waals surface area contributed by atoms with Gasteiger partial charge in [0.05, 0.1) is 12.7 Å². The number of aliphatic hydroxyl groups excluding tert-OH is 3. The van der Waals surface area contributed by atoms with Gasteiger partial charge in [-0.25, -0.2) is 0 Å². The molecule has 1 aliphatic rings. The van der Waals surface area contributed by atoms with E-state index in [1.165, 1.54) is 10.8 Å². The van der Waals surface area contributed by atoms with Gasteiger partial charge >= 0.3 is 0 Å². The largest absolute Gasteiger partial charge is 0.394 e. The van der Waals surface area contributed by atoms with Crippen LogP contribution < -0.4 is 0 Å². The third-order valence-electron chi connectivity index (χ3n) is 3.04. The van der Waals surface area contributed by atoms with Crippen LogP contribution in [0.1, 0.15) is 6.42 Å². The van der Waals surface area contributed by atoms with Crippen LogP contribution in [-0.2, 0) is 4.74 Å². The lowest BCUT2D eigenvalue weighted by Crippen LogP contribution is -2.24. The van der Waals surface area contributed by atoms with Crippen molar-refractivity contribution in [3.05, 3.63) is 48.5 Å². The Labute approximate surface area is 111 Å². The van der Waals surface area contributed by atoms with Crippen LogP contribution >= 0.6 is 0 Å². The van der Waals surface area contributed by atoms with Gasteiger partial charge in [-0.05, 0) is 10.8 Å². The second-order valence-electron chi connectivity index (χ2n) is 4.46. The van der Waals surface area contributed by atoms with Gasteiger partial charge in [0, 0.05) is 6.42 Å². The normalized spacial score (nSPS) is 25.9. The molecule has 0 bridgehead atoms. The van der Waals surface area contributed by atoms with Crippen molar-refractivity contribution in [3.63, 3.8) is 0 Å². The van der Waals surface area contributed by atoms with Crippen molar-refractivity contribution in [1.82, 2.24) is 0 Å². The fourth-order valence-electron chi connectivity index (χ4n) is 2.00. The van der Waals surface area contributed by atoms with Crippen molar-refractivity contribution < 1.29 is 20.1 Å². The molecule has 3 N–H and O–H groups in total. The molecule has 4 heteroatoms. The number of fused-ring (bicyclic) bond motifs is 1. The van der Waals surface area contributed by atoms with Gasteiger partial charge in [0.1, 0.15) is 6.10 Å². The van der Waals surface area contributed by atoms with E-state index in [2.05, 4.69) is 53.3 Å². The van der Waals surface area contributed by atoms with E-state index in [9.17, 15) is 0 Å². The summed E-state index contributed by atoms with van der Waals surface area (Å²) in [5.41, 5.74) is 0. The average molecular weight is 262 g/mol. The standard InChI is InChI=1S/C10H8.C5H10O4/c1-2-6-10-8-4-3-7-9(10)5-1;6-2-4-3(7)1-5(8)9-4/h1-8H;3-8H,1-2H2/t;3-,4+,5?/m.0/s1. The van der Waals surface area contributed by atoms with Crippen molar-refractivity contribution in [2.24, 2.45) is 0 Å². The van der Waals surface area contributed by atoms with Gasteiger partial charge in [0.15, 0.2) is 6.29 Å². The molecule has 102 valence electrons. The molecule has 1 aliphatic heterocycles. The predicted octanol–water partition coefficient (Wildman–Crippen LogP) is 1.29. The van der Waals surface area contributed by atoms with Crippen LogP contribution in [0.15, 0.2) is 48.5 Å². The molecule has 0 saturated carbocycles. The SMILES string of the molecule is OC[C@H]1OC(O)C[C@@H]1O.c1ccc2ccccc2c1. The summed E-state index contributed by atoms with van der Waals surface area (Å²) in [7, 11) is 0. The molecule has 0 amide bonds. The molecule has 1 unspecified atom stereocenters. The van der Waals surface area contributed by atoms with Crippen LogP contribution in [0, 0.1) is 0 Å². The highest BCUT2D eigenvalue weighted by Gasteiger charge is 2.31. The summed E-state index contributed by atoms with van der Waals surface area (Å²) < 4.78 is 4.68. The minimum atomic E-state index is -0.905. The molecule has 2 aromatic carbocycles. The summed E-state index contributed by atoms with van der Waals surface area (Å²) in [6, 6.07) is 16.7. The first-order valence-corrected chi connectivity index (χ1v) is 6.27. The number of benzene rings is 2. The number of hydrogen-bond donors (Lipinski definition) is 3. The molecule has 0 radical (unpaired) electrons. The summed E-state index contributed by atoms with van der Waals surface area (Å²) in [5.74, 6) is 0. The lowest BCUT2D eigenvalue weighted by atomic mass is 10.1. The van der Waals surface area contributed by atoms with E-state index >= 15 is 0 Å². The van der Waals surface area contributed by atoms with Crippen LogP contribution in [0.4, 0.5) is 0 Å². The molecular weight excluding hydrogens is 244 g/mol. The summed E-state index contributed by atoms with van der Waals surface area (Å²) in [5, 5.41) is 28.7. The van der Waals surface area contributed by atoms with Gasteiger partial charge in [0.25, 0.3) is 0 Å². The van der Waals surface area contributed by atoms with E-state index < -0.39 is 18.5 Å². The van der Waals surface area contributed by atoms with E-state index in [-0.39, 0.29) is 13.0 Å². The number of aliphatic hydroxyl groups is 3. The Hall–Kier alpha value is -1.46. The second-order valence-corrected chi connectivity index (χ2v) is 4.46. The Morgan fingerprint density at radius 1 is 0.947 bits per heavy atom. The van der Waals surface area contributed by atoms with E-state index in [0.717, 1.165) is 0 Å². The number of ether oxygens (including phenoxy) is 1. The predicted molar refractivity (Wildman–Crippen MR) is 72.5 cm³/mol. The van der Waals surface area contributed by atoms with Crippen molar-refractivity contribution in [1.29, 1.82) is 0 Å². The molecule has 3 rings (SSSR count). The van der Waals surface area contributed by atoms with Crippen LogP contribution in [-0.4, -0.2) is 40.4 Å². The highest BCUT2D eigenvalue weighted by Crippen LogP contribution is 2.17. The minimum Gasteiger partial charge on any atom is -0.394 e. The van der Waals surface area contributed by atoms with E-state index in [4.69, 9.17) is 15.3 Å². The number of rotatable bonds is 1. The van der Waals surface area contributed by atoms with Crippen LogP contribution in [0.25, 0.3) is 10.8 Å². The quantitative estimate of drug-likeness (QED) is 0.724. The zero-order chi connectivity index (χ0) is 13.7. The lowest BCUT2D eigenvalue weighted by Gasteiger charge is -2.08. The second kappa shape index (κ2) is 6.63. The molecule has 1 heterocycles. The maximum absolute atomic E-state index is 8.91. The summed E-state index contributed by atoms with van der Waals surface area (Å²) in [6.45, 7) is -0.238. The van der Waals surface area contributed by atoms with Gasteiger partial charge in [-0.15, -0.1) is 0 Å². The fraction of sp³-hybridized carbons (Fsp3) is 0.333. The molecule has 1 fully saturated rings. The highest BCUT2D eigenvalue weighted by molar-refractivity contribution is 5.81. The molecule has 2 aromatic rings. The van der Waals surface area contributed by atoms with Crippen molar-refractivity contribution in [2.45, 2.75) is 24.9 Å². The third-order valence-corrected chi connectivity index (χ3v) is 3.04. The molecule has 0 aliphatic carbocycles. The van der Waals surface area contributed by atoms with Gasteiger partial charge in [0.2, 0.25) is 0 Å². The Morgan fingerprint density at radius 3 is 1.68 bits per heavy atom. The molecular formula is C15H18O4. The molecule has 0 spiro atoms. The highest BCUT2D eigenvalue weighted by atomic mass is 16.6.